The molecule has 3 aliphatic rings. The highest BCUT2D eigenvalue weighted by atomic mass is 16.5. The van der Waals surface area contributed by atoms with Gasteiger partial charge in [0.2, 0.25) is 11.8 Å². The van der Waals surface area contributed by atoms with Crippen LogP contribution in [0.5, 0.6) is 5.75 Å². The molecule has 3 aliphatic heterocycles. The maximum absolute atomic E-state index is 12.9. The monoisotopic (exact) mass is 386 g/mol. The molecule has 0 atom stereocenters. The second-order valence-electron chi connectivity index (χ2n) is 8.48. The summed E-state index contributed by atoms with van der Waals surface area (Å²) in [5.41, 5.74) is 1.81. The van der Waals surface area contributed by atoms with Crippen molar-refractivity contribution in [2.75, 3.05) is 32.8 Å². The zero-order valence-corrected chi connectivity index (χ0v) is 16.9. The van der Waals surface area contributed by atoms with Crippen molar-refractivity contribution < 1.29 is 19.1 Å². The van der Waals surface area contributed by atoms with Gasteiger partial charge < -0.3 is 19.3 Å². The van der Waals surface area contributed by atoms with E-state index in [-0.39, 0.29) is 17.7 Å². The molecule has 1 spiro atoms. The lowest BCUT2D eigenvalue weighted by Gasteiger charge is -2.43. The first-order valence-corrected chi connectivity index (χ1v) is 10.4. The van der Waals surface area contributed by atoms with Crippen LogP contribution < -0.4 is 4.74 Å². The van der Waals surface area contributed by atoms with Gasteiger partial charge in [-0.3, -0.25) is 9.59 Å². The second kappa shape index (κ2) is 7.74. The number of rotatable bonds is 1. The van der Waals surface area contributed by atoms with E-state index in [1.807, 2.05) is 15.9 Å². The van der Waals surface area contributed by atoms with Gasteiger partial charge in [0.05, 0.1) is 6.54 Å². The van der Waals surface area contributed by atoms with Gasteiger partial charge in [-0.15, -0.1) is 0 Å². The molecule has 1 aromatic rings. The maximum atomic E-state index is 12.9. The smallest absolute Gasteiger partial charge is 0.225 e. The van der Waals surface area contributed by atoms with E-state index >= 15 is 0 Å². The van der Waals surface area contributed by atoms with Gasteiger partial charge in [0.25, 0.3) is 0 Å². The number of nitrogens with zero attached hydrogens (tertiary/aromatic N) is 2. The fraction of sp³-hybridized carbons (Fsp3) is 0.636. The summed E-state index contributed by atoms with van der Waals surface area (Å²) in [6, 6.07) is 6.18. The van der Waals surface area contributed by atoms with E-state index in [9.17, 15) is 9.59 Å². The Hall–Kier alpha value is -2.08. The zero-order chi connectivity index (χ0) is 19.7. The van der Waals surface area contributed by atoms with Gasteiger partial charge in [0.1, 0.15) is 11.4 Å². The fourth-order valence-electron chi connectivity index (χ4n) is 4.63. The summed E-state index contributed by atoms with van der Waals surface area (Å²) < 4.78 is 11.9. The number of hydrogen-bond acceptors (Lipinski definition) is 4. The van der Waals surface area contributed by atoms with Gasteiger partial charge >= 0.3 is 0 Å². The number of carbonyl (C=O) groups excluding carboxylic acids is 2. The molecule has 4 rings (SSSR count). The summed E-state index contributed by atoms with van der Waals surface area (Å²) in [6.45, 7) is 7.57. The predicted octanol–water partition coefficient (Wildman–Crippen LogP) is 2.52. The lowest BCUT2D eigenvalue weighted by molar-refractivity contribution is -0.144. The van der Waals surface area contributed by atoms with Crippen LogP contribution in [0.2, 0.25) is 0 Å². The van der Waals surface area contributed by atoms with Crippen LogP contribution in [0.15, 0.2) is 18.2 Å². The number of piperidine rings is 1. The lowest BCUT2D eigenvalue weighted by atomic mass is 9.89. The standard InChI is InChI=1S/C22H30N2O4/c1-16-3-4-20-19(13-16)14-24(17(2)25)15-22(28-20)7-9-23(10-8-22)21(26)18-5-11-27-12-6-18/h3-4,13,18H,5-12,14-15H2,1-2H3. The molecular weight excluding hydrogens is 356 g/mol. The zero-order valence-electron chi connectivity index (χ0n) is 16.9. The minimum Gasteiger partial charge on any atom is -0.485 e. The van der Waals surface area contributed by atoms with Crippen molar-refractivity contribution in [2.24, 2.45) is 5.92 Å². The number of ether oxygens (including phenoxy) is 2. The molecule has 0 aromatic heterocycles. The number of amides is 2. The molecular formula is C22H30N2O4. The van der Waals surface area contributed by atoms with Crippen LogP contribution in [-0.4, -0.2) is 60.1 Å². The number of benzene rings is 1. The molecule has 0 N–H and O–H groups in total. The molecule has 3 heterocycles. The number of likely N-dealkylation sites (tertiary alicyclic amines) is 1. The van der Waals surface area contributed by atoms with E-state index in [0.29, 0.717) is 39.4 Å². The molecule has 0 unspecified atom stereocenters. The van der Waals surface area contributed by atoms with Crippen LogP contribution in [0.3, 0.4) is 0 Å². The Kier molecular flexibility index (Phi) is 5.32. The van der Waals surface area contributed by atoms with Crippen LogP contribution in [0.25, 0.3) is 0 Å². The molecule has 6 nitrogen and oxygen atoms in total. The maximum Gasteiger partial charge on any atom is 0.225 e. The Labute approximate surface area is 166 Å². The molecule has 2 fully saturated rings. The van der Waals surface area contributed by atoms with Crippen molar-refractivity contribution in [3.8, 4) is 5.75 Å². The summed E-state index contributed by atoms with van der Waals surface area (Å²) in [4.78, 5) is 29.0. The van der Waals surface area contributed by atoms with Crippen molar-refractivity contribution in [1.29, 1.82) is 0 Å². The summed E-state index contributed by atoms with van der Waals surface area (Å²) in [5.74, 6) is 1.29. The van der Waals surface area contributed by atoms with Crippen molar-refractivity contribution in [1.82, 2.24) is 9.80 Å². The Morgan fingerprint density at radius 2 is 1.82 bits per heavy atom. The number of fused-ring (bicyclic) bond motifs is 1. The third kappa shape index (κ3) is 3.88. The molecule has 0 bridgehead atoms. The average Bonchev–Trinajstić information content (AvgIpc) is 2.85. The van der Waals surface area contributed by atoms with Crippen molar-refractivity contribution in [3.05, 3.63) is 29.3 Å². The van der Waals surface area contributed by atoms with Crippen molar-refractivity contribution in [3.63, 3.8) is 0 Å². The summed E-state index contributed by atoms with van der Waals surface area (Å²) in [6.07, 6.45) is 3.14. The number of hydrogen-bond donors (Lipinski definition) is 0. The predicted molar refractivity (Wildman–Crippen MR) is 105 cm³/mol. The highest BCUT2D eigenvalue weighted by Crippen LogP contribution is 2.36. The molecule has 0 radical (unpaired) electrons. The Morgan fingerprint density at radius 1 is 1.11 bits per heavy atom. The lowest BCUT2D eigenvalue weighted by Crippen LogP contribution is -2.55. The van der Waals surface area contributed by atoms with Gasteiger partial charge in [-0.05, 0) is 25.8 Å². The summed E-state index contributed by atoms with van der Waals surface area (Å²) in [7, 11) is 0. The quantitative estimate of drug-likeness (QED) is 0.744. The average molecular weight is 386 g/mol. The number of aryl methyl sites for hydroxylation is 1. The van der Waals surface area contributed by atoms with Gasteiger partial charge in [-0.2, -0.15) is 0 Å². The largest absolute Gasteiger partial charge is 0.485 e. The van der Waals surface area contributed by atoms with E-state index in [4.69, 9.17) is 9.47 Å². The first kappa shape index (κ1) is 19.2. The number of carbonyl (C=O) groups is 2. The molecule has 2 amide bonds. The topological polar surface area (TPSA) is 59.1 Å². The Balaban J connectivity index is 1.50. The van der Waals surface area contributed by atoms with E-state index in [0.717, 1.165) is 37.0 Å². The van der Waals surface area contributed by atoms with Gasteiger partial charge in [-0.1, -0.05) is 17.7 Å². The van der Waals surface area contributed by atoms with E-state index in [1.165, 1.54) is 5.56 Å². The molecule has 152 valence electrons. The fourth-order valence-corrected chi connectivity index (χ4v) is 4.63. The van der Waals surface area contributed by atoms with Crippen LogP contribution in [0, 0.1) is 12.8 Å². The van der Waals surface area contributed by atoms with E-state index < -0.39 is 5.60 Å². The second-order valence-corrected chi connectivity index (χ2v) is 8.48. The highest BCUT2D eigenvalue weighted by Gasteiger charge is 2.43. The molecule has 2 saturated heterocycles. The van der Waals surface area contributed by atoms with Crippen molar-refractivity contribution in [2.45, 2.75) is 51.7 Å². The highest BCUT2D eigenvalue weighted by molar-refractivity contribution is 5.79. The molecule has 1 aromatic carbocycles. The van der Waals surface area contributed by atoms with Gasteiger partial charge in [0.15, 0.2) is 0 Å². The molecule has 0 saturated carbocycles. The van der Waals surface area contributed by atoms with Gasteiger partial charge in [0, 0.05) is 64.1 Å². The minimum absolute atomic E-state index is 0.0676. The van der Waals surface area contributed by atoms with E-state index in [2.05, 4.69) is 19.1 Å². The van der Waals surface area contributed by atoms with Crippen LogP contribution in [0.4, 0.5) is 0 Å². The first-order valence-electron chi connectivity index (χ1n) is 10.4. The van der Waals surface area contributed by atoms with Gasteiger partial charge in [-0.25, -0.2) is 0 Å². The molecule has 0 aliphatic carbocycles. The SMILES string of the molecule is CC(=O)N1Cc2cc(C)ccc2OC2(CCN(C(=O)C3CCOCC3)CC2)C1. The summed E-state index contributed by atoms with van der Waals surface area (Å²) in [5, 5.41) is 0. The summed E-state index contributed by atoms with van der Waals surface area (Å²) >= 11 is 0. The van der Waals surface area contributed by atoms with Crippen LogP contribution in [-0.2, 0) is 20.9 Å². The van der Waals surface area contributed by atoms with Crippen LogP contribution >= 0.6 is 0 Å². The third-order valence-electron chi connectivity index (χ3n) is 6.38. The normalized spacial score (nSPS) is 22.4. The minimum atomic E-state index is -0.418. The van der Waals surface area contributed by atoms with Crippen molar-refractivity contribution >= 4 is 11.8 Å². The third-order valence-corrected chi connectivity index (χ3v) is 6.38. The Bertz CT molecular complexity index is 749. The Morgan fingerprint density at radius 3 is 2.50 bits per heavy atom. The molecule has 6 heteroatoms. The molecule has 28 heavy (non-hydrogen) atoms. The van der Waals surface area contributed by atoms with E-state index in [1.54, 1.807) is 6.92 Å². The first-order chi connectivity index (χ1) is 13.5. The van der Waals surface area contributed by atoms with Crippen LogP contribution in [0.1, 0.15) is 43.7 Å².